The molecule has 0 bridgehead atoms. The molecule has 2 heterocycles. The summed E-state index contributed by atoms with van der Waals surface area (Å²) in [5.41, 5.74) is 1.37. The number of amidine groups is 1. The van der Waals surface area contributed by atoms with Crippen molar-refractivity contribution in [1.29, 1.82) is 0 Å². The van der Waals surface area contributed by atoms with Crippen LogP contribution in [-0.4, -0.2) is 55.0 Å². The molecule has 1 aromatic carbocycles. The summed E-state index contributed by atoms with van der Waals surface area (Å²) in [7, 11) is 1.74. The minimum absolute atomic E-state index is 0.304. The van der Waals surface area contributed by atoms with Gasteiger partial charge < -0.3 is 9.64 Å². The van der Waals surface area contributed by atoms with Gasteiger partial charge in [-0.1, -0.05) is 31.4 Å². The summed E-state index contributed by atoms with van der Waals surface area (Å²) in [5, 5.41) is 0. The summed E-state index contributed by atoms with van der Waals surface area (Å²) in [6, 6.07) is 9.57. The number of methoxy groups -OCH3 is 1. The maximum absolute atomic E-state index is 5.45. The Morgan fingerprint density at radius 3 is 2.15 bits per heavy atom. The molecule has 2 saturated heterocycles. The number of aliphatic imine (C=N–C) groups is 1. The molecule has 2 aliphatic heterocycles. The first kappa shape index (κ1) is 18.8. The number of nitrogens with zero attached hydrogens (tertiary/aromatic N) is 3. The molecular formula is C23H35N3O. The fourth-order valence-electron chi connectivity index (χ4n) is 4.98. The minimum Gasteiger partial charge on any atom is -0.497 e. The van der Waals surface area contributed by atoms with Crippen molar-refractivity contribution >= 4 is 5.84 Å². The molecule has 4 rings (SSSR count). The third kappa shape index (κ3) is 4.48. The second kappa shape index (κ2) is 9.09. The Kier molecular flexibility index (Phi) is 6.33. The van der Waals surface area contributed by atoms with Gasteiger partial charge in [-0.3, -0.25) is 9.89 Å². The predicted molar refractivity (Wildman–Crippen MR) is 112 cm³/mol. The van der Waals surface area contributed by atoms with Gasteiger partial charge in [0.05, 0.1) is 19.2 Å². The van der Waals surface area contributed by atoms with Gasteiger partial charge in [0.15, 0.2) is 0 Å². The molecule has 0 amide bonds. The summed E-state index contributed by atoms with van der Waals surface area (Å²) < 4.78 is 5.40. The average Bonchev–Trinajstić information content (AvgIpc) is 3.43. The van der Waals surface area contributed by atoms with Gasteiger partial charge in [0.1, 0.15) is 11.6 Å². The fraction of sp³-hybridized carbons (Fsp3) is 0.696. The molecule has 1 unspecified atom stereocenters. The van der Waals surface area contributed by atoms with Crippen molar-refractivity contribution in [3.05, 3.63) is 29.8 Å². The number of hydrogen-bond donors (Lipinski definition) is 0. The van der Waals surface area contributed by atoms with Gasteiger partial charge in [-0.05, 0) is 69.3 Å². The number of likely N-dealkylation sites (tertiary alicyclic amines) is 2. The maximum Gasteiger partial charge on any atom is 0.121 e. The Labute approximate surface area is 164 Å². The highest BCUT2D eigenvalue weighted by Crippen LogP contribution is 2.32. The third-order valence-corrected chi connectivity index (χ3v) is 6.50. The summed E-state index contributed by atoms with van der Waals surface area (Å²) in [6.45, 7) is 4.72. The van der Waals surface area contributed by atoms with E-state index in [0.29, 0.717) is 12.1 Å². The molecule has 0 spiro atoms. The van der Waals surface area contributed by atoms with Crippen LogP contribution < -0.4 is 4.74 Å². The van der Waals surface area contributed by atoms with Gasteiger partial charge in [0, 0.05) is 13.1 Å². The molecule has 1 aliphatic carbocycles. The first-order chi connectivity index (χ1) is 13.3. The normalized spacial score (nSPS) is 23.7. The molecule has 3 aliphatic rings. The van der Waals surface area contributed by atoms with Gasteiger partial charge in [0.25, 0.3) is 0 Å². The molecule has 0 aromatic heterocycles. The topological polar surface area (TPSA) is 28.1 Å². The smallest absolute Gasteiger partial charge is 0.121 e. The van der Waals surface area contributed by atoms with Gasteiger partial charge in [-0.15, -0.1) is 0 Å². The molecule has 1 aromatic rings. The van der Waals surface area contributed by atoms with Gasteiger partial charge in [-0.25, -0.2) is 0 Å². The molecule has 3 fully saturated rings. The Morgan fingerprint density at radius 1 is 0.889 bits per heavy atom. The summed E-state index contributed by atoms with van der Waals surface area (Å²) in [5.74, 6) is 2.29. The van der Waals surface area contributed by atoms with E-state index in [9.17, 15) is 0 Å². The highest BCUT2D eigenvalue weighted by atomic mass is 16.5. The fourth-order valence-corrected chi connectivity index (χ4v) is 4.98. The van der Waals surface area contributed by atoms with Gasteiger partial charge in [-0.2, -0.15) is 0 Å². The number of ether oxygens (including phenoxy) is 1. The van der Waals surface area contributed by atoms with E-state index in [1.54, 1.807) is 7.11 Å². The lowest BCUT2D eigenvalue weighted by molar-refractivity contribution is 0.280. The lowest BCUT2D eigenvalue weighted by atomic mass is 9.95. The van der Waals surface area contributed by atoms with Crippen LogP contribution in [0.15, 0.2) is 29.3 Å². The standard InChI is InChI=1S/C23H35N3O/c1-27-21-13-11-19(12-14-21)22(25-15-5-6-16-25)23(26-17-7-8-18-26)24-20-9-3-2-4-10-20/h11-14,20,22H,2-10,15-18H2,1H3. The zero-order valence-electron chi connectivity index (χ0n) is 16.9. The zero-order valence-corrected chi connectivity index (χ0v) is 16.9. The molecule has 0 radical (unpaired) electrons. The second-order valence-corrected chi connectivity index (χ2v) is 8.39. The molecule has 4 heteroatoms. The van der Waals surface area contributed by atoms with Crippen molar-refractivity contribution in [2.45, 2.75) is 69.9 Å². The van der Waals surface area contributed by atoms with Gasteiger partial charge in [0.2, 0.25) is 0 Å². The number of benzene rings is 1. The van der Waals surface area contributed by atoms with Crippen molar-refractivity contribution in [3.8, 4) is 5.75 Å². The van der Waals surface area contributed by atoms with Crippen LogP contribution in [0.4, 0.5) is 0 Å². The van der Waals surface area contributed by atoms with Crippen LogP contribution in [0.5, 0.6) is 5.75 Å². The Bertz CT molecular complexity index is 609. The van der Waals surface area contributed by atoms with Crippen molar-refractivity contribution in [2.75, 3.05) is 33.3 Å². The van der Waals surface area contributed by atoms with Crippen LogP contribution in [-0.2, 0) is 0 Å². The molecule has 0 N–H and O–H groups in total. The monoisotopic (exact) mass is 369 g/mol. The lowest BCUT2D eigenvalue weighted by Gasteiger charge is -2.35. The first-order valence-corrected chi connectivity index (χ1v) is 11.1. The van der Waals surface area contributed by atoms with Crippen molar-refractivity contribution < 1.29 is 4.74 Å². The van der Waals surface area contributed by atoms with Crippen LogP contribution in [0.25, 0.3) is 0 Å². The van der Waals surface area contributed by atoms with E-state index < -0.39 is 0 Å². The molecule has 1 atom stereocenters. The van der Waals surface area contributed by atoms with E-state index >= 15 is 0 Å². The largest absolute Gasteiger partial charge is 0.497 e. The van der Waals surface area contributed by atoms with E-state index in [2.05, 4.69) is 34.1 Å². The minimum atomic E-state index is 0.304. The molecular weight excluding hydrogens is 334 g/mol. The lowest BCUT2D eigenvalue weighted by Crippen LogP contribution is -2.42. The van der Waals surface area contributed by atoms with E-state index in [1.807, 2.05) is 0 Å². The molecule has 27 heavy (non-hydrogen) atoms. The summed E-state index contributed by atoms with van der Waals surface area (Å²) in [6.07, 6.45) is 11.8. The van der Waals surface area contributed by atoms with E-state index in [0.717, 1.165) is 5.75 Å². The van der Waals surface area contributed by atoms with E-state index in [4.69, 9.17) is 9.73 Å². The quantitative estimate of drug-likeness (QED) is 0.558. The van der Waals surface area contributed by atoms with Crippen LogP contribution in [0.3, 0.4) is 0 Å². The van der Waals surface area contributed by atoms with Crippen LogP contribution in [0.1, 0.15) is 69.4 Å². The summed E-state index contributed by atoms with van der Waals surface area (Å²) in [4.78, 5) is 10.7. The second-order valence-electron chi connectivity index (χ2n) is 8.39. The van der Waals surface area contributed by atoms with Crippen LogP contribution in [0, 0.1) is 0 Å². The number of hydrogen-bond acceptors (Lipinski definition) is 3. The Balaban J connectivity index is 1.68. The zero-order chi connectivity index (χ0) is 18.5. The highest BCUT2D eigenvalue weighted by molar-refractivity contribution is 5.89. The first-order valence-electron chi connectivity index (χ1n) is 11.1. The SMILES string of the molecule is COc1ccc(C(C(=NC2CCCCC2)N2CCCC2)N2CCCC2)cc1. The van der Waals surface area contributed by atoms with E-state index in [-0.39, 0.29) is 0 Å². The van der Waals surface area contributed by atoms with Crippen molar-refractivity contribution in [1.82, 2.24) is 9.80 Å². The molecule has 1 saturated carbocycles. The maximum atomic E-state index is 5.45. The van der Waals surface area contributed by atoms with Crippen LogP contribution >= 0.6 is 0 Å². The van der Waals surface area contributed by atoms with Crippen LogP contribution in [0.2, 0.25) is 0 Å². The molecule has 148 valence electrons. The highest BCUT2D eigenvalue weighted by Gasteiger charge is 2.33. The number of rotatable bonds is 5. The summed E-state index contributed by atoms with van der Waals surface area (Å²) >= 11 is 0. The van der Waals surface area contributed by atoms with E-state index in [1.165, 1.54) is 95.4 Å². The Hall–Kier alpha value is -1.55. The Morgan fingerprint density at radius 2 is 1.52 bits per heavy atom. The average molecular weight is 370 g/mol. The third-order valence-electron chi connectivity index (χ3n) is 6.50. The van der Waals surface area contributed by atoms with Crippen molar-refractivity contribution in [3.63, 3.8) is 0 Å². The predicted octanol–water partition coefficient (Wildman–Crippen LogP) is 4.66. The van der Waals surface area contributed by atoms with Crippen molar-refractivity contribution in [2.24, 2.45) is 4.99 Å². The van der Waals surface area contributed by atoms with Gasteiger partial charge >= 0.3 is 0 Å². The molecule has 4 nitrogen and oxygen atoms in total.